The molecule has 0 bridgehead atoms. The van der Waals surface area contributed by atoms with Gasteiger partial charge in [0.1, 0.15) is 17.6 Å². The Hall–Kier alpha value is -3.87. The van der Waals surface area contributed by atoms with Gasteiger partial charge in [-0.2, -0.15) is 0 Å². The van der Waals surface area contributed by atoms with E-state index in [9.17, 15) is 14.0 Å². The van der Waals surface area contributed by atoms with Crippen LogP contribution in [0.25, 0.3) is 11.1 Å². The van der Waals surface area contributed by atoms with E-state index in [4.69, 9.17) is 10.5 Å². The summed E-state index contributed by atoms with van der Waals surface area (Å²) in [5, 5.41) is 5.19. The Labute approximate surface area is 167 Å². The number of halogens is 1. The number of para-hydroxylation sites is 1. The van der Waals surface area contributed by atoms with Crippen molar-refractivity contribution in [1.29, 1.82) is 0 Å². The van der Waals surface area contributed by atoms with Gasteiger partial charge in [-0.15, -0.1) is 0 Å². The molecule has 3 aromatic rings. The standard InChI is InChI=1S/C22H20FN3O3/c1-29-19-8-3-2-7-18(19)15-5-4-6-17(13-15)25-22(28)26-20(21(24)27)14-9-11-16(23)12-10-14/h2-13,20H,1H3,(H2,24,27)(H2,25,26,28)/t20-/m1/s1. The number of amides is 3. The second kappa shape index (κ2) is 8.88. The predicted octanol–water partition coefficient (Wildman–Crippen LogP) is 3.85. The van der Waals surface area contributed by atoms with Gasteiger partial charge in [0.05, 0.1) is 7.11 Å². The van der Waals surface area contributed by atoms with Gasteiger partial charge in [0, 0.05) is 11.3 Å². The monoisotopic (exact) mass is 393 g/mol. The van der Waals surface area contributed by atoms with E-state index in [0.29, 0.717) is 17.0 Å². The molecule has 1 atom stereocenters. The van der Waals surface area contributed by atoms with Gasteiger partial charge in [0.2, 0.25) is 5.91 Å². The molecule has 6 nitrogen and oxygen atoms in total. The molecule has 29 heavy (non-hydrogen) atoms. The molecular weight excluding hydrogens is 373 g/mol. The zero-order chi connectivity index (χ0) is 20.8. The van der Waals surface area contributed by atoms with Gasteiger partial charge >= 0.3 is 6.03 Å². The minimum absolute atomic E-state index is 0.386. The quantitative estimate of drug-likeness (QED) is 0.594. The van der Waals surface area contributed by atoms with E-state index in [0.717, 1.165) is 11.1 Å². The number of methoxy groups -OCH3 is 1. The lowest BCUT2D eigenvalue weighted by atomic mass is 10.0. The van der Waals surface area contributed by atoms with Crippen molar-refractivity contribution < 1.29 is 18.7 Å². The number of nitrogens with one attached hydrogen (secondary N) is 2. The molecule has 0 fully saturated rings. The first kappa shape index (κ1) is 19.9. The molecule has 0 aromatic heterocycles. The highest BCUT2D eigenvalue weighted by molar-refractivity contribution is 5.94. The zero-order valence-electron chi connectivity index (χ0n) is 15.7. The molecule has 0 aliphatic carbocycles. The highest BCUT2D eigenvalue weighted by Crippen LogP contribution is 2.31. The lowest BCUT2D eigenvalue weighted by Gasteiger charge is -2.17. The molecule has 0 aliphatic rings. The highest BCUT2D eigenvalue weighted by atomic mass is 19.1. The van der Waals surface area contributed by atoms with Crippen LogP contribution in [0.4, 0.5) is 14.9 Å². The molecule has 3 amide bonds. The number of carbonyl (C=O) groups is 2. The van der Waals surface area contributed by atoms with E-state index in [2.05, 4.69) is 10.6 Å². The summed E-state index contributed by atoms with van der Waals surface area (Å²) in [7, 11) is 1.59. The SMILES string of the molecule is COc1ccccc1-c1cccc(NC(=O)N[C@@H](C(N)=O)c2ccc(F)cc2)c1. The minimum Gasteiger partial charge on any atom is -0.496 e. The summed E-state index contributed by atoms with van der Waals surface area (Å²) >= 11 is 0. The van der Waals surface area contributed by atoms with Gasteiger partial charge < -0.3 is 21.1 Å². The number of ether oxygens (including phenoxy) is 1. The maximum Gasteiger partial charge on any atom is 0.320 e. The molecule has 3 rings (SSSR count). The maximum absolute atomic E-state index is 13.1. The molecule has 148 valence electrons. The summed E-state index contributed by atoms with van der Waals surface area (Å²) in [6.07, 6.45) is 0. The first-order chi connectivity index (χ1) is 14.0. The third kappa shape index (κ3) is 4.90. The van der Waals surface area contributed by atoms with Crippen molar-refractivity contribution in [2.24, 2.45) is 5.73 Å². The van der Waals surface area contributed by atoms with Gasteiger partial charge in [-0.3, -0.25) is 4.79 Å². The molecule has 0 saturated heterocycles. The first-order valence-electron chi connectivity index (χ1n) is 8.83. The summed E-state index contributed by atoms with van der Waals surface area (Å²) in [5.74, 6) is -0.497. The second-order valence-electron chi connectivity index (χ2n) is 6.27. The number of hydrogen-bond donors (Lipinski definition) is 3. The maximum atomic E-state index is 13.1. The summed E-state index contributed by atoms with van der Waals surface area (Å²) < 4.78 is 18.5. The van der Waals surface area contributed by atoms with E-state index >= 15 is 0 Å². The van der Waals surface area contributed by atoms with Crippen LogP contribution in [-0.2, 0) is 4.79 Å². The Balaban J connectivity index is 1.76. The number of carbonyl (C=O) groups excluding carboxylic acids is 2. The molecule has 0 heterocycles. The fourth-order valence-corrected chi connectivity index (χ4v) is 2.92. The molecule has 7 heteroatoms. The van der Waals surface area contributed by atoms with Crippen LogP contribution in [0, 0.1) is 5.82 Å². The number of benzene rings is 3. The fraction of sp³-hybridized carbons (Fsp3) is 0.0909. The van der Waals surface area contributed by atoms with Crippen LogP contribution in [0.1, 0.15) is 11.6 Å². The summed E-state index contributed by atoms with van der Waals surface area (Å²) in [6.45, 7) is 0. The van der Waals surface area contributed by atoms with E-state index in [1.54, 1.807) is 25.3 Å². The Bertz CT molecular complexity index is 1020. The van der Waals surface area contributed by atoms with Gasteiger partial charge in [-0.05, 0) is 41.5 Å². The molecule has 4 N–H and O–H groups in total. The minimum atomic E-state index is -1.09. The van der Waals surface area contributed by atoms with Gasteiger partial charge in [-0.25, -0.2) is 9.18 Å². The normalized spacial score (nSPS) is 11.4. The third-order valence-electron chi connectivity index (χ3n) is 4.30. The number of nitrogens with two attached hydrogens (primary N) is 1. The number of hydrogen-bond acceptors (Lipinski definition) is 3. The van der Waals surface area contributed by atoms with Crippen molar-refractivity contribution in [2.45, 2.75) is 6.04 Å². The fourth-order valence-electron chi connectivity index (χ4n) is 2.92. The molecule has 0 aliphatic heterocycles. The molecule has 0 saturated carbocycles. The number of urea groups is 1. The van der Waals surface area contributed by atoms with E-state index in [1.165, 1.54) is 24.3 Å². The van der Waals surface area contributed by atoms with Crippen LogP contribution in [0.5, 0.6) is 5.75 Å². The Kier molecular flexibility index (Phi) is 6.09. The lowest BCUT2D eigenvalue weighted by molar-refractivity contribution is -0.119. The predicted molar refractivity (Wildman–Crippen MR) is 109 cm³/mol. The van der Waals surface area contributed by atoms with Gasteiger partial charge in [0.15, 0.2) is 0 Å². The van der Waals surface area contributed by atoms with Crippen LogP contribution < -0.4 is 21.1 Å². The first-order valence-corrected chi connectivity index (χ1v) is 8.83. The van der Waals surface area contributed by atoms with E-state index in [1.807, 2.05) is 30.3 Å². The third-order valence-corrected chi connectivity index (χ3v) is 4.30. The molecule has 0 spiro atoms. The smallest absolute Gasteiger partial charge is 0.320 e. The van der Waals surface area contributed by atoms with Crippen molar-refractivity contribution >= 4 is 17.6 Å². The summed E-state index contributed by atoms with van der Waals surface area (Å²) in [6, 6.07) is 18.2. The largest absolute Gasteiger partial charge is 0.496 e. The van der Waals surface area contributed by atoms with Gasteiger partial charge in [0.25, 0.3) is 0 Å². The molecule has 0 radical (unpaired) electrons. The Morgan fingerprint density at radius 1 is 1.00 bits per heavy atom. The van der Waals surface area contributed by atoms with Crippen molar-refractivity contribution in [1.82, 2.24) is 5.32 Å². The van der Waals surface area contributed by atoms with Crippen LogP contribution in [0.15, 0.2) is 72.8 Å². The Morgan fingerprint density at radius 3 is 2.41 bits per heavy atom. The van der Waals surface area contributed by atoms with Crippen molar-refractivity contribution in [3.63, 3.8) is 0 Å². The second-order valence-corrected chi connectivity index (χ2v) is 6.27. The number of rotatable bonds is 6. The van der Waals surface area contributed by atoms with Crippen LogP contribution in [0.2, 0.25) is 0 Å². The van der Waals surface area contributed by atoms with Crippen LogP contribution in [-0.4, -0.2) is 19.0 Å². The highest BCUT2D eigenvalue weighted by Gasteiger charge is 2.20. The average Bonchev–Trinajstić information content (AvgIpc) is 2.73. The average molecular weight is 393 g/mol. The zero-order valence-corrected chi connectivity index (χ0v) is 15.7. The summed E-state index contributed by atoms with van der Waals surface area (Å²) in [4.78, 5) is 24.2. The van der Waals surface area contributed by atoms with Crippen molar-refractivity contribution in [3.05, 3.63) is 84.2 Å². The summed E-state index contributed by atoms with van der Waals surface area (Å²) in [5.41, 5.74) is 8.03. The molecule has 0 unspecified atom stereocenters. The van der Waals surface area contributed by atoms with Crippen LogP contribution >= 0.6 is 0 Å². The van der Waals surface area contributed by atoms with Crippen LogP contribution in [0.3, 0.4) is 0 Å². The van der Waals surface area contributed by atoms with Crippen molar-refractivity contribution in [2.75, 3.05) is 12.4 Å². The number of primary amides is 1. The van der Waals surface area contributed by atoms with E-state index in [-0.39, 0.29) is 0 Å². The van der Waals surface area contributed by atoms with Crippen molar-refractivity contribution in [3.8, 4) is 16.9 Å². The molecular formula is C22H20FN3O3. The molecule has 3 aromatic carbocycles. The number of anilines is 1. The topological polar surface area (TPSA) is 93.4 Å². The van der Waals surface area contributed by atoms with Gasteiger partial charge in [-0.1, -0.05) is 42.5 Å². The lowest BCUT2D eigenvalue weighted by Crippen LogP contribution is -2.39. The Morgan fingerprint density at radius 2 is 1.72 bits per heavy atom. The van der Waals surface area contributed by atoms with E-state index < -0.39 is 23.8 Å².